The molecule has 0 amide bonds. The normalized spacial score (nSPS) is 10.8. The molecule has 0 aliphatic carbocycles. The lowest BCUT2D eigenvalue weighted by Crippen LogP contribution is -2.20. The highest BCUT2D eigenvalue weighted by Gasteiger charge is 2.11. The molecule has 0 fully saturated rings. The number of rotatable bonds is 4. The van der Waals surface area contributed by atoms with Crippen LogP contribution in [0.15, 0.2) is 91.3 Å². The summed E-state index contributed by atoms with van der Waals surface area (Å²) in [5.41, 5.74) is 4.49. The van der Waals surface area contributed by atoms with E-state index in [9.17, 15) is 0 Å². The van der Waals surface area contributed by atoms with E-state index in [1.807, 2.05) is 30.6 Å². The smallest absolute Gasteiger partial charge is 0.101 e. The number of hydrogen-bond donors (Lipinski definition) is 0. The maximum absolute atomic E-state index is 4.50. The lowest BCUT2D eigenvalue weighted by atomic mass is 10.2. The van der Waals surface area contributed by atoms with Crippen molar-refractivity contribution in [1.29, 1.82) is 0 Å². The van der Waals surface area contributed by atoms with Crippen LogP contribution in [0, 0.1) is 0 Å². The Morgan fingerprint density at radius 3 is 1.91 bits per heavy atom. The lowest BCUT2D eigenvalue weighted by Gasteiger charge is -2.25. The van der Waals surface area contributed by atoms with Gasteiger partial charge in [-0.15, -0.1) is 0 Å². The summed E-state index contributed by atoms with van der Waals surface area (Å²) in [4.78, 5) is 6.78. The summed E-state index contributed by atoms with van der Waals surface area (Å²) in [6.07, 6.45) is 1.91. The molecule has 3 heteroatoms. The molecule has 23 heavy (non-hydrogen) atoms. The van der Waals surface area contributed by atoms with Crippen LogP contribution in [0.2, 0.25) is 0 Å². The van der Waals surface area contributed by atoms with E-state index in [2.05, 4.69) is 75.1 Å². The number of anilines is 2. The Kier molecular flexibility index (Phi) is 3.53. The third-order valence-corrected chi connectivity index (χ3v) is 3.96. The van der Waals surface area contributed by atoms with E-state index in [1.165, 1.54) is 0 Å². The first-order valence-corrected chi connectivity index (χ1v) is 7.69. The molecule has 0 atom stereocenters. The SMILES string of the molecule is c1ccc(N(Cn2cnc3ccccc32)c2ccccc2)cc1. The molecule has 0 spiro atoms. The molecule has 3 nitrogen and oxygen atoms in total. The minimum atomic E-state index is 0.717. The summed E-state index contributed by atoms with van der Waals surface area (Å²) in [5, 5.41) is 0. The summed E-state index contributed by atoms with van der Waals surface area (Å²) >= 11 is 0. The summed E-state index contributed by atoms with van der Waals surface area (Å²) in [7, 11) is 0. The second kappa shape index (κ2) is 5.97. The fraction of sp³-hybridized carbons (Fsp3) is 0.0500. The van der Waals surface area contributed by atoms with Crippen molar-refractivity contribution in [2.24, 2.45) is 0 Å². The van der Waals surface area contributed by atoms with Crippen LogP contribution in [0.25, 0.3) is 11.0 Å². The maximum atomic E-state index is 4.50. The molecule has 0 N–H and O–H groups in total. The third-order valence-electron chi connectivity index (χ3n) is 3.96. The molecular weight excluding hydrogens is 282 g/mol. The van der Waals surface area contributed by atoms with E-state index < -0.39 is 0 Å². The van der Waals surface area contributed by atoms with Crippen LogP contribution >= 0.6 is 0 Å². The quantitative estimate of drug-likeness (QED) is 0.538. The minimum Gasteiger partial charge on any atom is -0.323 e. The first-order valence-electron chi connectivity index (χ1n) is 7.69. The van der Waals surface area contributed by atoms with Crippen LogP contribution in [0.4, 0.5) is 11.4 Å². The highest BCUT2D eigenvalue weighted by Crippen LogP contribution is 2.26. The first-order chi connectivity index (χ1) is 11.4. The van der Waals surface area contributed by atoms with E-state index in [4.69, 9.17) is 0 Å². The largest absolute Gasteiger partial charge is 0.323 e. The van der Waals surface area contributed by atoms with Gasteiger partial charge in [-0.05, 0) is 36.4 Å². The fourth-order valence-corrected chi connectivity index (χ4v) is 2.80. The molecule has 4 aromatic rings. The van der Waals surface area contributed by atoms with Crippen LogP contribution in [0.3, 0.4) is 0 Å². The van der Waals surface area contributed by atoms with Crippen molar-refractivity contribution in [3.63, 3.8) is 0 Å². The summed E-state index contributed by atoms with van der Waals surface area (Å²) in [6.45, 7) is 0.717. The van der Waals surface area contributed by atoms with Gasteiger partial charge in [-0.25, -0.2) is 4.98 Å². The van der Waals surface area contributed by atoms with Gasteiger partial charge in [0.2, 0.25) is 0 Å². The standard InChI is InChI=1S/C20H17N3/c1-3-9-17(10-4-1)23(18-11-5-2-6-12-18)16-22-15-21-19-13-7-8-14-20(19)22/h1-15H,16H2. The molecule has 0 aliphatic heterocycles. The van der Waals surface area contributed by atoms with Crippen LogP contribution in [0.1, 0.15) is 0 Å². The second-order valence-electron chi connectivity index (χ2n) is 5.44. The van der Waals surface area contributed by atoms with Crippen molar-refractivity contribution >= 4 is 22.4 Å². The predicted octanol–water partition coefficient (Wildman–Crippen LogP) is 4.83. The van der Waals surface area contributed by atoms with Gasteiger partial charge in [0.05, 0.1) is 17.4 Å². The molecule has 4 rings (SSSR count). The van der Waals surface area contributed by atoms with Gasteiger partial charge < -0.3 is 9.47 Å². The number of hydrogen-bond acceptors (Lipinski definition) is 2. The average Bonchev–Trinajstić information content (AvgIpc) is 3.04. The lowest BCUT2D eigenvalue weighted by molar-refractivity contribution is 0.727. The number of fused-ring (bicyclic) bond motifs is 1. The van der Waals surface area contributed by atoms with Crippen molar-refractivity contribution in [2.45, 2.75) is 6.67 Å². The van der Waals surface area contributed by atoms with Gasteiger partial charge in [0.1, 0.15) is 6.67 Å². The number of nitrogens with zero attached hydrogens (tertiary/aromatic N) is 3. The second-order valence-corrected chi connectivity index (χ2v) is 5.44. The molecular formula is C20H17N3. The number of para-hydroxylation sites is 4. The van der Waals surface area contributed by atoms with E-state index in [-0.39, 0.29) is 0 Å². The molecule has 3 aromatic carbocycles. The molecule has 0 saturated heterocycles. The highest BCUT2D eigenvalue weighted by atomic mass is 15.3. The molecule has 0 bridgehead atoms. The van der Waals surface area contributed by atoms with Crippen LogP contribution in [0.5, 0.6) is 0 Å². The predicted molar refractivity (Wildman–Crippen MR) is 94.8 cm³/mol. The summed E-state index contributed by atoms with van der Waals surface area (Å²) in [5.74, 6) is 0. The molecule has 1 aromatic heterocycles. The van der Waals surface area contributed by atoms with Crippen molar-refractivity contribution < 1.29 is 0 Å². The monoisotopic (exact) mass is 299 g/mol. The first kappa shape index (κ1) is 13.6. The summed E-state index contributed by atoms with van der Waals surface area (Å²) < 4.78 is 2.18. The maximum Gasteiger partial charge on any atom is 0.101 e. The molecule has 0 saturated carbocycles. The molecule has 1 heterocycles. The van der Waals surface area contributed by atoms with Crippen molar-refractivity contribution in [1.82, 2.24) is 9.55 Å². The molecule has 112 valence electrons. The Hall–Kier alpha value is -3.07. The van der Waals surface area contributed by atoms with Crippen molar-refractivity contribution in [3.05, 3.63) is 91.3 Å². The zero-order valence-electron chi connectivity index (χ0n) is 12.7. The average molecular weight is 299 g/mol. The van der Waals surface area contributed by atoms with Gasteiger partial charge in [-0.2, -0.15) is 0 Å². The van der Waals surface area contributed by atoms with Crippen LogP contribution < -0.4 is 4.90 Å². The Balaban J connectivity index is 1.77. The fourth-order valence-electron chi connectivity index (χ4n) is 2.80. The Bertz CT molecular complexity index is 858. The van der Waals surface area contributed by atoms with Crippen molar-refractivity contribution in [2.75, 3.05) is 4.90 Å². The van der Waals surface area contributed by atoms with Gasteiger partial charge in [0.15, 0.2) is 0 Å². The molecule has 0 unspecified atom stereocenters. The Labute approximate surface area is 135 Å². The van der Waals surface area contributed by atoms with Gasteiger partial charge in [-0.3, -0.25) is 0 Å². The number of benzene rings is 3. The van der Waals surface area contributed by atoms with Crippen molar-refractivity contribution in [3.8, 4) is 0 Å². The van der Waals surface area contributed by atoms with Gasteiger partial charge in [-0.1, -0.05) is 48.5 Å². The molecule has 0 aliphatic rings. The van der Waals surface area contributed by atoms with E-state index in [0.29, 0.717) is 6.67 Å². The minimum absolute atomic E-state index is 0.717. The van der Waals surface area contributed by atoms with Gasteiger partial charge in [0.25, 0.3) is 0 Å². The summed E-state index contributed by atoms with van der Waals surface area (Å²) in [6, 6.07) is 29.1. The van der Waals surface area contributed by atoms with E-state index >= 15 is 0 Å². The Morgan fingerprint density at radius 1 is 0.696 bits per heavy atom. The van der Waals surface area contributed by atoms with Crippen LogP contribution in [-0.4, -0.2) is 9.55 Å². The number of aromatic nitrogens is 2. The van der Waals surface area contributed by atoms with E-state index in [0.717, 1.165) is 22.4 Å². The number of imidazole rings is 1. The Morgan fingerprint density at radius 2 is 1.26 bits per heavy atom. The third kappa shape index (κ3) is 2.69. The topological polar surface area (TPSA) is 21.1 Å². The molecule has 0 radical (unpaired) electrons. The zero-order chi connectivity index (χ0) is 15.5. The van der Waals surface area contributed by atoms with E-state index in [1.54, 1.807) is 0 Å². The van der Waals surface area contributed by atoms with Gasteiger partial charge >= 0.3 is 0 Å². The van der Waals surface area contributed by atoms with Gasteiger partial charge in [0, 0.05) is 11.4 Å². The highest BCUT2D eigenvalue weighted by molar-refractivity contribution is 5.75. The zero-order valence-corrected chi connectivity index (χ0v) is 12.7. The van der Waals surface area contributed by atoms with Crippen LogP contribution in [-0.2, 0) is 6.67 Å².